The van der Waals surface area contributed by atoms with Crippen LogP contribution in [-0.2, 0) is 0 Å². The molecule has 0 radical (unpaired) electrons. The Kier molecular flexibility index (Phi) is 3.01. The van der Waals surface area contributed by atoms with Crippen molar-refractivity contribution in [3.05, 3.63) is 46.0 Å². The van der Waals surface area contributed by atoms with E-state index in [4.69, 9.17) is 0 Å². The van der Waals surface area contributed by atoms with Crippen LogP contribution in [0.5, 0.6) is 0 Å². The van der Waals surface area contributed by atoms with Gasteiger partial charge in [0.15, 0.2) is 0 Å². The van der Waals surface area contributed by atoms with E-state index in [1.54, 1.807) is 12.1 Å². The lowest BCUT2D eigenvalue weighted by Crippen LogP contribution is -2.16. The van der Waals surface area contributed by atoms with Crippen LogP contribution in [0.15, 0.2) is 30.3 Å². The van der Waals surface area contributed by atoms with E-state index < -0.39 is 0 Å². The predicted molar refractivity (Wildman–Crippen MR) is 68.7 cm³/mol. The average Bonchev–Trinajstić information content (AvgIpc) is 2.28. The van der Waals surface area contributed by atoms with Gasteiger partial charge in [-0.2, -0.15) is 0 Å². The molecule has 0 unspecified atom stereocenters. The van der Waals surface area contributed by atoms with Gasteiger partial charge in [-0.1, -0.05) is 19.9 Å². The van der Waals surface area contributed by atoms with Gasteiger partial charge in [-0.25, -0.2) is 0 Å². The number of rotatable bonds is 2. The van der Waals surface area contributed by atoms with Gasteiger partial charge in [-0.3, -0.25) is 10.1 Å². The van der Waals surface area contributed by atoms with Crippen molar-refractivity contribution in [2.45, 2.75) is 33.1 Å². The molecule has 1 aromatic rings. The fraction of sp³-hybridized carbons (Fsp3) is 0.429. The maximum Gasteiger partial charge on any atom is 0.269 e. The lowest BCUT2D eigenvalue weighted by molar-refractivity contribution is -0.384. The summed E-state index contributed by atoms with van der Waals surface area (Å²) >= 11 is 0. The van der Waals surface area contributed by atoms with E-state index in [1.165, 1.54) is 18.4 Å². The average molecular weight is 231 g/mol. The first kappa shape index (κ1) is 11.8. The number of hydrogen-bond donors (Lipinski definition) is 0. The molecule has 3 heteroatoms. The van der Waals surface area contributed by atoms with Crippen LogP contribution in [0.2, 0.25) is 0 Å². The van der Waals surface area contributed by atoms with Gasteiger partial charge >= 0.3 is 0 Å². The maximum absolute atomic E-state index is 10.6. The van der Waals surface area contributed by atoms with E-state index >= 15 is 0 Å². The number of non-ortho nitro benzene ring substituents is 1. The topological polar surface area (TPSA) is 43.1 Å². The smallest absolute Gasteiger partial charge is 0.258 e. The molecule has 0 N–H and O–H groups in total. The molecule has 2 rings (SSSR count). The Hall–Kier alpha value is -1.64. The summed E-state index contributed by atoms with van der Waals surface area (Å²) in [4.78, 5) is 10.2. The second-order valence-corrected chi connectivity index (χ2v) is 5.20. The fourth-order valence-electron chi connectivity index (χ4n) is 2.47. The number of nitrogens with zero attached hydrogens (tertiary/aromatic N) is 1. The van der Waals surface area contributed by atoms with E-state index in [9.17, 15) is 10.1 Å². The highest BCUT2D eigenvalue weighted by atomic mass is 16.6. The third-order valence-electron chi connectivity index (χ3n) is 3.47. The molecule has 0 aliphatic heterocycles. The largest absolute Gasteiger partial charge is 0.269 e. The molecule has 0 bridgehead atoms. The van der Waals surface area contributed by atoms with Crippen LogP contribution in [0.3, 0.4) is 0 Å². The standard InChI is InChI=1S/C14H17NO2/c1-14(2)10-4-3-5-13(14)11-6-8-12(9-7-11)15(16)17/h5-9H,3-4,10H2,1-2H3. The molecule has 17 heavy (non-hydrogen) atoms. The van der Waals surface area contributed by atoms with Crippen LogP contribution in [0, 0.1) is 15.5 Å². The van der Waals surface area contributed by atoms with E-state index in [0.717, 1.165) is 12.0 Å². The normalized spacial score (nSPS) is 18.6. The number of benzene rings is 1. The van der Waals surface area contributed by atoms with E-state index in [2.05, 4.69) is 19.9 Å². The van der Waals surface area contributed by atoms with Crippen molar-refractivity contribution in [2.75, 3.05) is 0 Å². The Balaban J connectivity index is 2.34. The number of nitro benzene ring substituents is 1. The first-order chi connectivity index (χ1) is 8.00. The molecule has 0 saturated carbocycles. The molecule has 0 saturated heterocycles. The first-order valence-corrected chi connectivity index (χ1v) is 5.96. The number of nitro groups is 1. The Labute approximate surface area is 101 Å². The molecule has 0 amide bonds. The molecule has 90 valence electrons. The quantitative estimate of drug-likeness (QED) is 0.565. The summed E-state index contributed by atoms with van der Waals surface area (Å²) in [6.45, 7) is 4.47. The molecule has 0 spiro atoms. The van der Waals surface area contributed by atoms with Gasteiger partial charge in [0.2, 0.25) is 0 Å². The molecule has 0 heterocycles. The van der Waals surface area contributed by atoms with Crippen molar-refractivity contribution in [1.29, 1.82) is 0 Å². The minimum Gasteiger partial charge on any atom is -0.258 e. The van der Waals surface area contributed by atoms with Gasteiger partial charge in [0.25, 0.3) is 5.69 Å². The molecule has 0 atom stereocenters. The summed E-state index contributed by atoms with van der Waals surface area (Å²) < 4.78 is 0. The summed E-state index contributed by atoms with van der Waals surface area (Å²) in [5.41, 5.74) is 2.76. The van der Waals surface area contributed by atoms with Gasteiger partial charge in [0, 0.05) is 12.1 Å². The van der Waals surface area contributed by atoms with Gasteiger partial charge in [-0.15, -0.1) is 0 Å². The lowest BCUT2D eigenvalue weighted by Gasteiger charge is -2.32. The van der Waals surface area contributed by atoms with Crippen molar-refractivity contribution in [3.8, 4) is 0 Å². The highest BCUT2D eigenvalue weighted by Crippen LogP contribution is 2.42. The zero-order valence-corrected chi connectivity index (χ0v) is 10.3. The number of hydrogen-bond acceptors (Lipinski definition) is 2. The second kappa shape index (κ2) is 4.32. The van der Waals surface area contributed by atoms with Crippen LogP contribution in [0.1, 0.15) is 38.7 Å². The van der Waals surface area contributed by atoms with Gasteiger partial charge in [0.1, 0.15) is 0 Å². The highest BCUT2D eigenvalue weighted by molar-refractivity contribution is 5.71. The molecule has 1 aliphatic carbocycles. The Morgan fingerprint density at radius 3 is 2.41 bits per heavy atom. The molecular formula is C14H17NO2. The summed E-state index contributed by atoms with van der Waals surface area (Å²) in [7, 11) is 0. The zero-order valence-electron chi connectivity index (χ0n) is 10.3. The van der Waals surface area contributed by atoms with E-state index in [0.29, 0.717) is 0 Å². The van der Waals surface area contributed by atoms with Crippen LogP contribution in [0.25, 0.3) is 5.57 Å². The Morgan fingerprint density at radius 1 is 1.24 bits per heavy atom. The van der Waals surface area contributed by atoms with E-state index in [-0.39, 0.29) is 16.0 Å². The van der Waals surface area contributed by atoms with Crippen LogP contribution < -0.4 is 0 Å². The second-order valence-electron chi connectivity index (χ2n) is 5.20. The molecule has 1 aromatic carbocycles. The number of allylic oxidation sites excluding steroid dienone is 2. The third-order valence-corrected chi connectivity index (χ3v) is 3.47. The summed E-state index contributed by atoms with van der Waals surface area (Å²) in [6, 6.07) is 6.88. The van der Waals surface area contributed by atoms with Gasteiger partial charge < -0.3 is 0 Å². The molecule has 3 nitrogen and oxygen atoms in total. The van der Waals surface area contributed by atoms with Crippen LogP contribution in [-0.4, -0.2) is 4.92 Å². The van der Waals surface area contributed by atoms with Crippen LogP contribution >= 0.6 is 0 Å². The molecule has 0 fully saturated rings. The Bertz CT molecular complexity index is 458. The third kappa shape index (κ3) is 2.38. The zero-order chi connectivity index (χ0) is 12.5. The van der Waals surface area contributed by atoms with Gasteiger partial charge in [0.05, 0.1) is 4.92 Å². The highest BCUT2D eigenvalue weighted by Gasteiger charge is 2.26. The monoisotopic (exact) mass is 231 g/mol. The maximum atomic E-state index is 10.6. The van der Waals surface area contributed by atoms with Crippen LogP contribution in [0.4, 0.5) is 5.69 Å². The molecule has 0 aromatic heterocycles. The summed E-state index contributed by atoms with van der Waals surface area (Å²) in [6.07, 6.45) is 5.78. The van der Waals surface area contributed by atoms with Crippen molar-refractivity contribution in [1.82, 2.24) is 0 Å². The van der Waals surface area contributed by atoms with E-state index in [1.807, 2.05) is 12.1 Å². The summed E-state index contributed by atoms with van der Waals surface area (Å²) in [5, 5.41) is 10.6. The first-order valence-electron chi connectivity index (χ1n) is 5.96. The van der Waals surface area contributed by atoms with Crippen molar-refractivity contribution in [3.63, 3.8) is 0 Å². The SMILES string of the molecule is CC1(C)CCCC=C1c1ccc([N+](=O)[O-])cc1. The van der Waals surface area contributed by atoms with Gasteiger partial charge in [-0.05, 0) is 47.9 Å². The predicted octanol–water partition coefficient (Wildman–Crippen LogP) is 4.19. The summed E-state index contributed by atoms with van der Waals surface area (Å²) in [5.74, 6) is 0. The minimum absolute atomic E-state index is 0.156. The Morgan fingerprint density at radius 2 is 1.88 bits per heavy atom. The molecular weight excluding hydrogens is 214 g/mol. The van der Waals surface area contributed by atoms with Crippen molar-refractivity contribution in [2.24, 2.45) is 5.41 Å². The molecule has 1 aliphatic rings. The fourth-order valence-corrected chi connectivity index (χ4v) is 2.47. The lowest BCUT2D eigenvalue weighted by atomic mass is 9.73. The minimum atomic E-state index is -0.357. The van der Waals surface area contributed by atoms with Crippen molar-refractivity contribution >= 4 is 11.3 Å². The van der Waals surface area contributed by atoms with Crippen molar-refractivity contribution < 1.29 is 4.92 Å².